The molecular formula is C16H17BrN2O2. The van der Waals surface area contributed by atoms with Crippen molar-refractivity contribution in [2.45, 2.75) is 13.0 Å². The Kier molecular flexibility index (Phi) is 4.85. The summed E-state index contributed by atoms with van der Waals surface area (Å²) in [7, 11) is 1.52. The quantitative estimate of drug-likeness (QED) is 0.830. The zero-order valence-corrected chi connectivity index (χ0v) is 13.5. The molecule has 0 saturated heterocycles. The first-order valence-corrected chi connectivity index (χ1v) is 7.31. The summed E-state index contributed by atoms with van der Waals surface area (Å²) in [5, 5.41) is 2.94. The Labute approximate surface area is 132 Å². The van der Waals surface area contributed by atoms with Crippen LogP contribution in [0.25, 0.3) is 0 Å². The van der Waals surface area contributed by atoms with Gasteiger partial charge in [-0.25, -0.2) is 0 Å². The van der Waals surface area contributed by atoms with Crippen LogP contribution in [0.4, 0.5) is 5.69 Å². The number of nitrogens with one attached hydrogen (secondary N) is 1. The maximum Gasteiger partial charge on any atom is 0.257 e. The molecule has 0 aromatic heterocycles. The number of halogens is 1. The first-order valence-electron chi connectivity index (χ1n) is 6.51. The van der Waals surface area contributed by atoms with Crippen LogP contribution < -0.4 is 15.8 Å². The monoisotopic (exact) mass is 348 g/mol. The molecule has 4 nitrogen and oxygen atoms in total. The number of benzene rings is 2. The predicted molar refractivity (Wildman–Crippen MR) is 87.4 cm³/mol. The van der Waals surface area contributed by atoms with Gasteiger partial charge < -0.3 is 15.8 Å². The highest BCUT2D eigenvalue weighted by molar-refractivity contribution is 9.10. The van der Waals surface area contributed by atoms with Crippen LogP contribution in [0.5, 0.6) is 5.75 Å². The molecule has 0 radical (unpaired) electrons. The lowest BCUT2D eigenvalue weighted by Gasteiger charge is -2.17. The number of nitrogens with two attached hydrogens (primary N) is 1. The van der Waals surface area contributed by atoms with Gasteiger partial charge in [0.25, 0.3) is 5.91 Å². The maximum absolute atomic E-state index is 12.4. The number of rotatable bonds is 4. The van der Waals surface area contributed by atoms with E-state index in [0.717, 1.165) is 10.0 Å². The Morgan fingerprint density at radius 2 is 2.00 bits per heavy atom. The molecule has 21 heavy (non-hydrogen) atoms. The predicted octanol–water partition coefficient (Wildman–Crippen LogP) is 3.53. The van der Waals surface area contributed by atoms with E-state index in [9.17, 15) is 4.79 Å². The molecule has 0 saturated carbocycles. The summed E-state index contributed by atoms with van der Waals surface area (Å²) in [6.45, 7) is 1.92. The number of amides is 1. The Morgan fingerprint density at radius 3 is 2.67 bits per heavy atom. The fourth-order valence-electron chi connectivity index (χ4n) is 2.09. The van der Waals surface area contributed by atoms with Crippen LogP contribution in [-0.4, -0.2) is 13.0 Å². The van der Waals surface area contributed by atoms with Gasteiger partial charge in [0.1, 0.15) is 11.3 Å². The van der Waals surface area contributed by atoms with Crippen molar-refractivity contribution in [3.8, 4) is 5.75 Å². The Balaban J connectivity index is 2.22. The number of carbonyl (C=O) groups excluding carboxylic acids is 1. The largest absolute Gasteiger partial charge is 0.496 e. The van der Waals surface area contributed by atoms with E-state index in [-0.39, 0.29) is 11.9 Å². The van der Waals surface area contributed by atoms with Gasteiger partial charge in [0, 0.05) is 10.2 Å². The molecule has 0 aliphatic rings. The summed E-state index contributed by atoms with van der Waals surface area (Å²) in [4.78, 5) is 12.4. The second-order valence-corrected chi connectivity index (χ2v) is 5.59. The Hall–Kier alpha value is -2.01. The van der Waals surface area contributed by atoms with Crippen LogP contribution in [0.2, 0.25) is 0 Å². The molecule has 0 bridgehead atoms. The summed E-state index contributed by atoms with van der Waals surface area (Å²) in [6.07, 6.45) is 0. The fourth-order valence-corrected chi connectivity index (χ4v) is 2.51. The van der Waals surface area contributed by atoms with E-state index in [1.54, 1.807) is 18.2 Å². The smallest absolute Gasteiger partial charge is 0.257 e. The van der Waals surface area contributed by atoms with E-state index in [1.165, 1.54) is 7.11 Å². The first kappa shape index (κ1) is 15.4. The number of hydrogen-bond acceptors (Lipinski definition) is 3. The van der Waals surface area contributed by atoms with Gasteiger partial charge in [0.15, 0.2) is 0 Å². The lowest BCUT2D eigenvalue weighted by Crippen LogP contribution is -2.27. The molecule has 0 spiro atoms. The standard InChI is InChI=1S/C16H17BrN2O2/c1-10(11-5-3-6-12(17)9-11)19-16(20)15-13(18)7-4-8-14(15)21-2/h3-10H,18H2,1-2H3,(H,19,20). The van der Waals surface area contributed by atoms with Crippen molar-refractivity contribution in [3.05, 3.63) is 58.1 Å². The molecule has 110 valence electrons. The molecule has 0 fully saturated rings. The summed E-state index contributed by atoms with van der Waals surface area (Å²) in [5.41, 5.74) is 7.65. The van der Waals surface area contributed by atoms with Crippen molar-refractivity contribution >= 4 is 27.5 Å². The van der Waals surface area contributed by atoms with Crippen molar-refractivity contribution in [3.63, 3.8) is 0 Å². The van der Waals surface area contributed by atoms with Crippen molar-refractivity contribution in [2.75, 3.05) is 12.8 Å². The molecule has 1 atom stereocenters. The van der Waals surface area contributed by atoms with Gasteiger partial charge in [0.2, 0.25) is 0 Å². The van der Waals surface area contributed by atoms with Crippen LogP contribution in [0.15, 0.2) is 46.9 Å². The minimum Gasteiger partial charge on any atom is -0.496 e. The van der Waals surface area contributed by atoms with Gasteiger partial charge in [-0.15, -0.1) is 0 Å². The minimum absolute atomic E-state index is 0.140. The van der Waals surface area contributed by atoms with Gasteiger partial charge in [-0.05, 0) is 36.8 Å². The number of methoxy groups -OCH3 is 1. The average molecular weight is 349 g/mol. The number of nitrogen functional groups attached to an aromatic ring is 1. The molecule has 0 aliphatic heterocycles. The van der Waals surface area contributed by atoms with E-state index >= 15 is 0 Å². The van der Waals surface area contributed by atoms with Gasteiger partial charge >= 0.3 is 0 Å². The third-order valence-electron chi connectivity index (χ3n) is 3.20. The van der Waals surface area contributed by atoms with E-state index in [1.807, 2.05) is 31.2 Å². The van der Waals surface area contributed by atoms with Gasteiger partial charge in [-0.3, -0.25) is 4.79 Å². The zero-order valence-electron chi connectivity index (χ0n) is 11.9. The summed E-state index contributed by atoms with van der Waals surface area (Å²) < 4.78 is 6.18. The SMILES string of the molecule is COc1cccc(N)c1C(=O)NC(C)c1cccc(Br)c1. The lowest BCUT2D eigenvalue weighted by molar-refractivity contribution is 0.0938. The minimum atomic E-state index is -0.252. The topological polar surface area (TPSA) is 64.3 Å². The van der Waals surface area contributed by atoms with Crippen LogP contribution >= 0.6 is 15.9 Å². The molecule has 1 unspecified atom stereocenters. The van der Waals surface area contributed by atoms with Crippen molar-refractivity contribution in [1.82, 2.24) is 5.32 Å². The van der Waals surface area contributed by atoms with Crippen molar-refractivity contribution in [2.24, 2.45) is 0 Å². The molecule has 2 aromatic rings. The molecule has 1 amide bonds. The summed E-state index contributed by atoms with van der Waals surface area (Å²) in [6, 6.07) is 12.8. The normalized spacial score (nSPS) is 11.8. The van der Waals surface area contributed by atoms with Crippen molar-refractivity contribution < 1.29 is 9.53 Å². The Morgan fingerprint density at radius 1 is 1.29 bits per heavy atom. The number of carbonyl (C=O) groups is 1. The summed E-state index contributed by atoms with van der Waals surface area (Å²) in [5.74, 6) is 0.214. The highest BCUT2D eigenvalue weighted by atomic mass is 79.9. The molecule has 3 N–H and O–H groups in total. The summed E-state index contributed by atoms with van der Waals surface area (Å²) >= 11 is 3.42. The van der Waals surface area contributed by atoms with Crippen LogP contribution in [0.1, 0.15) is 28.9 Å². The van der Waals surface area contributed by atoms with Crippen molar-refractivity contribution in [1.29, 1.82) is 0 Å². The van der Waals surface area contributed by atoms with E-state index < -0.39 is 0 Å². The second kappa shape index (κ2) is 6.63. The number of ether oxygens (including phenoxy) is 1. The van der Waals surface area contributed by atoms with E-state index in [2.05, 4.69) is 21.2 Å². The zero-order chi connectivity index (χ0) is 15.4. The van der Waals surface area contributed by atoms with Gasteiger partial charge in [-0.1, -0.05) is 34.1 Å². The molecule has 2 rings (SSSR count). The maximum atomic E-state index is 12.4. The molecule has 0 aliphatic carbocycles. The third kappa shape index (κ3) is 3.55. The average Bonchev–Trinajstić information content (AvgIpc) is 2.46. The first-order chi connectivity index (χ1) is 10.0. The van der Waals surface area contributed by atoms with E-state index in [0.29, 0.717) is 17.0 Å². The highest BCUT2D eigenvalue weighted by Crippen LogP contribution is 2.25. The third-order valence-corrected chi connectivity index (χ3v) is 3.69. The van der Waals surface area contributed by atoms with Crippen LogP contribution in [-0.2, 0) is 0 Å². The van der Waals surface area contributed by atoms with Crippen LogP contribution in [0.3, 0.4) is 0 Å². The van der Waals surface area contributed by atoms with Crippen LogP contribution in [0, 0.1) is 0 Å². The Bertz CT molecular complexity index is 658. The molecular weight excluding hydrogens is 332 g/mol. The molecule has 0 heterocycles. The fraction of sp³-hybridized carbons (Fsp3) is 0.188. The van der Waals surface area contributed by atoms with E-state index in [4.69, 9.17) is 10.5 Å². The molecule has 2 aromatic carbocycles. The number of anilines is 1. The molecule has 5 heteroatoms. The second-order valence-electron chi connectivity index (χ2n) is 4.67. The van der Waals surface area contributed by atoms with Gasteiger partial charge in [-0.2, -0.15) is 0 Å². The lowest BCUT2D eigenvalue weighted by atomic mass is 10.1. The van der Waals surface area contributed by atoms with Gasteiger partial charge in [0.05, 0.1) is 13.2 Å². The number of hydrogen-bond donors (Lipinski definition) is 2. The highest BCUT2D eigenvalue weighted by Gasteiger charge is 2.18.